The van der Waals surface area contributed by atoms with Gasteiger partial charge < -0.3 is 15.0 Å². The number of nitrogens with zero attached hydrogens (tertiary/aromatic N) is 1. The normalized spacial score (nSPS) is 16.3. The van der Waals surface area contributed by atoms with Gasteiger partial charge in [-0.15, -0.1) is 0 Å². The molecule has 0 saturated carbocycles. The van der Waals surface area contributed by atoms with E-state index in [1.165, 1.54) is 77.6 Å². The lowest BCUT2D eigenvalue weighted by atomic mass is 9.88. The Morgan fingerprint density at radius 3 is 1.71 bits per heavy atom. The van der Waals surface area contributed by atoms with E-state index in [4.69, 9.17) is 4.18 Å². The van der Waals surface area contributed by atoms with Crippen molar-refractivity contribution in [3.05, 3.63) is 0 Å². The lowest BCUT2D eigenvalue weighted by Crippen LogP contribution is -2.80. The summed E-state index contributed by atoms with van der Waals surface area (Å²) in [4.78, 5) is 3.90. The van der Waals surface area contributed by atoms with Crippen LogP contribution in [-0.4, -0.2) is 49.2 Å². The van der Waals surface area contributed by atoms with Gasteiger partial charge in [-0.05, 0) is 25.7 Å². The highest BCUT2D eigenvalue weighted by Gasteiger charge is 2.36. The van der Waals surface area contributed by atoms with Gasteiger partial charge in [-0.2, -0.15) is 0 Å². The van der Waals surface area contributed by atoms with E-state index in [0.29, 0.717) is 12.8 Å². The van der Waals surface area contributed by atoms with Crippen molar-refractivity contribution in [3.8, 4) is 0 Å². The summed E-state index contributed by atoms with van der Waals surface area (Å²) in [5.74, 6) is 0.838. The number of nitrogens with two attached hydrogens (primary N) is 1. The molecule has 0 aliphatic carbocycles. The van der Waals surface area contributed by atoms with Crippen LogP contribution in [0.5, 0.6) is 0 Å². The first kappa shape index (κ1) is 33.5. The van der Waals surface area contributed by atoms with Crippen LogP contribution in [0.1, 0.15) is 130 Å². The van der Waals surface area contributed by atoms with E-state index in [1.54, 1.807) is 6.92 Å². The highest BCUT2D eigenvalue weighted by molar-refractivity contribution is 7.80. The molecule has 0 aromatic carbocycles. The maximum atomic E-state index is 11.0. The van der Waals surface area contributed by atoms with Crippen molar-refractivity contribution in [1.29, 1.82) is 0 Å². The molecule has 0 aromatic heterocycles. The van der Waals surface area contributed by atoms with Crippen LogP contribution >= 0.6 is 0 Å². The molecule has 2 unspecified atom stereocenters. The zero-order valence-electron chi connectivity index (χ0n) is 22.5. The third-order valence-corrected chi connectivity index (χ3v) is 7.18. The summed E-state index contributed by atoms with van der Waals surface area (Å²) in [7, 11) is -4.82. The summed E-state index contributed by atoms with van der Waals surface area (Å²) >= 11 is 0. The highest BCUT2D eigenvalue weighted by Crippen LogP contribution is 2.29. The molecule has 0 radical (unpaired) electrons. The molecular weight excluding hydrogens is 452 g/mol. The van der Waals surface area contributed by atoms with Gasteiger partial charge >= 0.3 is 0 Å². The maximum absolute atomic E-state index is 11.0. The number of aliphatic hydroxyl groups is 1. The first-order valence-corrected chi connectivity index (χ1v) is 15.1. The summed E-state index contributed by atoms with van der Waals surface area (Å²) in [5.41, 5.74) is -1.28. The van der Waals surface area contributed by atoms with Gasteiger partial charge in [0, 0.05) is 0 Å². The Bertz CT molecular complexity index is 590. The molecular formula is C26H54N2O5S. The lowest BCUT2D eigenvalue weighted by Gasteiger charge is -2.36. The topological polar surface area (TPSA) is 116 Å². The number of hydrogen-bond acceptors (Lipinski definition) is 6. The van der Waals surface area contributed by atoms with E-state index in [1.807, 2.05) is 6.34 Å². The second kappa shape index (κ2) is 20.6. The Hall–Kier alpha value is -0.540. The minimum atomic E-state index is -4.82. The van der Waals surface area contributed by atoms with Crippen molar-refractivity contribution < 1.29 is 27.6 Å². The van der Waals surface area contributed by atoms with Gasteiger partial charge in [0.05, 0.1) is 12.6 Å². The van der Waals surface area contributed by atoms with E-state index in [9.17, 15) is 18.1 Å². The van der Waals surface area contributed by atoms with E-state index in [2.05, 4.69) is 24.2 Å². The minimum Gasteiger partial charge on any atom is -0.726 e. The fourth-order valence-electron chi connectivity index (χ4n) is 4.35. The Kier molecular flexibility index (Phi) is 20.3. The second-order valence-electron chi connectivity index (χ2n) is 10.2. The van der Waals surface area contributed by atoms with Crippen LogP contribution in [-0.2, 0) is 14.6 Å². The first-order valence-electron chi connectivity index (χ1n) is 13.8. The van der Waals surface area contributed by atoms with Crippen molar-refractivity contribution in [1.82, 2.24) is 0 Å². The number of hydrogen-bond donors (Lipinski definition) is 2. The molecule has 1 rings (SSSR count). The number of unbranched alkanes of at least 4 members (excludes halogenated alkanes) is 12. The average Bonchev–Trinajstić information content (AvgIpc) is 3.34. The standard InChI is InChI=1S/C23H48O5S.C3H6N2/c1-5-23(22(4)24,28-29(25,26)27)20-18-16-14-12-10-8-6-7-9-11-13-15-17-19-21(2)3;1-2-5-3-4-1/h21-22,24H,5-20H2,1-4H3,(H,25,26,27);3H,1-2H2,(H,4,5). The molecule has 34 heavy (non-hydrogen) atoms. The molecule has 0 spiro atoms. The van der Waals surface area contributed by atoms with E-state index in [-0.39, 0.29) is 0 Å². The molecule has 2 atom stereocenters. The van der Waals surface area contributed by atoms with E-state index >= 15 is 0 Å². The molecule has 3 N–H and O–H groups in total. The van der Waals surface area contributed by atoms with Crippen LogP contribution in [0, 0.1) is 5.92 Å². The zero-order valence-corrected chi connectivity index (χ0v) is 23.3. The van der Waals surface area contributed by atoms with Gasteiger partial charge in [0.15, 0.2) is 6.34 Å². The Labute approximate surface area is 210 Å². The van der Waals surface area contributed by atoms with Gasteiger partial charge in [0.2, 0.25) is 10.4 Å². The third-order valence-electron chi connectivity index (χ3n) is 6.64. The second-order valence-corrected chi connectivity index (χ2v) is 11.2. The molecule has 0 saturated heterocycles. The fraction of sp³-hybridized carbons (Fsp3) is 0.962. The van der Waals surface area contributed by atoms with E-state index < -0.39 is 22.1 Å². The SMILES string of the molecule is C1=NCC[NH2+]1.CCC(CCCCCCCCCCCCCCCC(C)C)(OS(=O)(=O)[O-])C(C)O. The summed E-state index contributed by atoms with van der Waals surface area (Å²) in [6.45, 7) is 9.98. The Morgan fingerprint density at radius 1 is 0.941 bits per heavy atom. The third kappa shape index (κ3) is 19.7. The lowest BCUT2D eigenvalue weighted by molar-refractivity contribution is -0.518. The number of rotatable bonds is 20. The van der Waals surface area contributed by atoms with Gasteiger partial charge in [-0.25, -0.2) is 13.4 Å². The number of aliphatic imine (C=N–C) groups is 1. The minimum absolute atomic E-state index is 0.295. The monoisotopic (exact) mass is 506 g/mol. The molecule has 1 aliphatic heterocycles. The average molecular weight is 507 g/mol. The Balaban J connectivity index is 0.00000190. The molecule has 0 bridgehead atoms. The molecule has 0 amide bonds. The van der Waals surface area contributed by atoms with Crippen molar-refractivity contribution >= 4 is 16.7 Å². The van der Waals surface area contributed by atoms with Gasteiger partial charge in [-0.3, -0.25) is 4.18 Å². The van der Waals surface area contributed by atoms with Crippen LogP contribution in [0.3, 0.4) is 0 Å². The smallest absolute Gasteiger partial charge is 0.218 e. The largest absolute Gasteiger partial charge is 0.726 e. The summed E-state index contributed by atoms with van der Waals surface area (Å²) in [6.07, 6.45) is 19.0. The molecule has 1 heterocycles. The van der Waals surface area contributed by atoms with Crippen molar-refractivity contribution in [2.45, 2.75) is 142 Å². The summed E-state index contributed by atoms with van der Waals surface area (Å²) in [6, 6.07) is 0. The van der Waals surface area contributed by atoms with Crippen LogP contribution < -0.4 is 5.32 Å². The molecule has 204 valence electrons. The first-order chi connectivity index (χ1) is 16.1. The van der Waals surface area contributed by atoms with Gasteiger partial charge in [0.1, 0.15) is 12.1 Å². The summed E-state index contributed by atoms with van der Waals surface area (Å²) < 4.78 is 37.7. The van der Waals surface area contributed by atoms with Crippen LogP contribution in [0.2, 0.25) is 0 Å². The molecule has 0 aromatic rings. The van der Waals surface area contributed by atoms with Gasteiger partial charge in [-0.1, -0.05) is 111 Å². The quantitative estimate of drug-likeness (QED) is 0.135. The number of quaternary nitrogens is 1. The number of aliphatic hydroxyl groups excluding tert-OH is 1. The van der Waals surface area contributed by atoms with Crippen molar-refractivity contribution in [2.75, 3.05) is 13.1 Å². The van der Waals surface area contributed by atoms with Gasteiger partial charge in [0.25, 0.3) is 0 Å². The zero-order chi connectivity index (χ0) is 25.7. The van der Waals surface area contributed by atoms with Crippen molar-refractivity contribution in [3.63, 3.8) is 0 Å². The molecule has 8 heteroatoms. The highest BCUT2D eigenvalue weighted by atomic mass is 32.3. The predicted molar refractivity (Wildman–Crippen MR) is 140 cm³/mol. The fourth-order valence-corrected chi connectivity index (χ4v) is 5.10. The van der Waals surface area contributed by atoms with Crippen LogP contribution in [0.4, 0.5) is 0 Å². The van der Waals surface area contributed by atoms with Crippen LogP contribution in [0.25, 0.3) is 0 Å². The molecule has 1 aliphatic rings. The molecule has 0 fully saturated rings. The van der Waals surface area contributed by atoms with Crippen molar-refractivity contribution in [2.24, 2.45) is 10.9 Å². The van der Waals surface area contributed by atoms with E-state index in [0.717, 1.165) is 38.3 Å². The Morgan fingerprint density at radius 2 is 1.41 bits per heavy atom. The predicted octanol–water partition coefficient (Wildman–Crippen LogP) is 5.09. The summed E-state index contributed by atoms with van der Waals surface area (Å²) in [5, 5.41) is 12.0. The van der Waals surface area contributed by atoms with Crippen LogP contribution in [0.15, 0.2) is 4.99 Å². The molecule has 7 nitrogen and oxygen atoms in total. The maximum Gasteiger partial charge on any atom is 0.218 e.